The second-order valence-electron chi connectivity index (χ2n) is 2.06. The Hall–Kier alpha value is -0.920. The average molecular weight is 125 g/mol. The van der Waals surface area contributed by atoms with Crippen molar-refractivity contribution in [1.82, 2.24) is 5.32 Å². The molecule has 9 heavy (non-hydrogen) atoms. The molecular weight excluding hydrogens is 114 g/mol. The van der Waals surface area contributed by atoms with Gasteiger partial charge in [-0.25, -0.2) is 0 Å². The van der Waals surface area contributed by atoms with Gasteiger partial charge >= 0.3 is 0 Å². The van der Waals surface area contributed by atoms with Gasteiger partial charge in [0.25, 0.3) is 0 Å². The third kappa shape index (κ3) is 1.49. The zero-order valence-corrected chi connectivity index (χ0v) is 5.77. The van der Waals surface area contributed by atoms with Crippen LogP contribution in [0.5, 0.6) is 0 Å². The van der Waals surface area contributed by atoms with E-state index in [9.17, 15) is 0 Å². The van der Waals surface area contributed by atoms with Gasteiger partial charge in [0.05, 0.1) is 5.70 Å². The van der Waals surface area contributed by atoms with Crippen molar-refractivity contribution in [3.63, 3.8) is 0 Å². The van der Waals surface area contributed by atoms with Gasteiger partial charge in [0.1, 0.15) is 12.5 Å². The van der Waals surface area contributed by atoms with E-state index in [2.05, 4.69) is 12.2 Å². The minimum atomic E-state index is 0.991. The molecule has 0 radical (unpaired) electrons. The van der Waals surface area contributed by atoms with E-state index in [4.69, 9.17) is 4.74 Å². The topological polar surface area (TPSA) is 21.3 Å². The molecule has 0 unspecified atom stereocenters. The fourth-order valence-corrected chi connectivity index (χ4v) is 0.702. The number of ether oxygens (including phenoxy) is 1. The summed E-state index contributed by atoms with van der Waals surface area (Å²) in [5.74, 6) is 0. The van der Waals surface area contributed by atoms with Gasteiger partial charge in [-0.3, -0.25) is 0 Å². The molecule has 0 saturated carbocycles. The lowest BCUT2D eigenvalue weighted by Gasteiger charge is -2.12. The molecule has 0 atom stereocenters. The van der Waals surface area contributed by atoms with E-state index < -0.39 is 0 Å². The highest BCUT2D eigenvalue weighted by molar-refractivity contribution is 5.09. The van der Waals surface area contributed by atoms with Crippen LogP contribution in [0.3, 0.4) is 0 Å². The maximum atomic E-state index is 5.00. The predicted octanol–water partition coefficient (Wildman–Crippen LogP) is 1.72. The molecular formula is C7H11NO. The summed E-state index contributed by atoms with van der Waals surface area (Å²) in [5, 5.41) is 3.16. The van der Waals surface area contributed by atoms with E-state index in [0.29, 0.717) is 0 Å². The monoisotopic (exact) mass is 125 g/mol. The molecule has 50 valence electrons. The molecule has 0 aliphatic carbocycles. The third-order valence-electron chi connectivity index (χ3n) is 1.19. The van der Waals surface area contributed by atoms with Gasteiger partial charge in [-0.2, -0.15) is 0 Å². The Kier molecular flexibility index (Phi) is 1.78. The molecule has 1 aliphatic rings. The number of rotatable bonds is 1. The van der Waals surface area contributed by atoms with E-state index >= 15 is 0 Å². The van der Waals surface area contributed by atoms with Gasteiger partial charge in [0.15, 0.2) is 0 Å². The van der Waals surface area contributed by atoms with Crippen molar-refractivity contribution in [2.45, 2.75) is 20.3 Å². The standard InChI is InChI=1S/C7H11NO/c1-3-7-5-9-4-6(2)8-7/h4-5,8H,3H2,1-2H3. The van der Waals surface area contributed by atoms with Crippen LogP contribution in [0, 0.1) is 0 Å². The summed E-state index contributed by atoms with van der Waals surface area (Å²) in [6, 6.07) is 0. The van der Waals surface area contributed by atoms with Crippen molar-refractivity contribution >= 4 is 0 Å². The lowest BCUT2D eigenvalue weighted by molar-refractivity contribution is 0.373. The molecule has 0 bridgehead atoms. The minimum absolute atomic E-state index is 0.991. The predicted molar refractivity (Wildman–Crippen MR) is 36.4 cm³/mol. The fraction of sp³-hybridized carbons (Fsp3) is 0.429. The Labute approximate surface area is 55.2 Å². The maximum absolute atomic E-state index is 5.00. The van der Waals surface area contributed by atoms with E-state index in [0.717, 1.165) is 17.8 Å². The average Bonchev–Trinajstić information content (AvgIpc) is 1.88. The van der Waals surface area contributed by atoms with Gasteiger partial charge in [-0.1, -0.05) is 6.92 Å². The van der Waals surface area contributed by atoms with Crippen LogP contribution in [0.1, 0.15) is 20.3 Å². The third-order valence-corrected chi connectivity index (χ3v) is 1.19. The first-order chi connectivity index (χ1) is 4.33. The Balaban J connectivity index is 2.51. The molecule has 0 aromatic heterocycles. The molecule has 1 heterocycles. The number of hydrogen-bond acceptors (Lipinski definition) is 2. The summed E-state index contributed by atoms with van der Waals surface area (Å²) in [7, 11) is 0. The van der Waals surface area contributed by atoms with E-state index in [1.807, 2.05) is 6.92 Å². The van der Waals surface area contributed by atoms with E-state index in [-0.39, 0.29) is 0 Å². The zero-order chi connectivity index (χ0) is 6.69. The van der Waals surface area contributed by atoms with Crippen LogP contribution >= 0.6 is 0 Å². The lowest BCUT2D eigenvalue weighted by Crippen LogP contribution is -2.13. The highest BCUT2D eigenvalue weighted by atomic mass is 16.5. The molecule has 2 nitrogen and oxygen atoms in total. The minimum Gasteiger partial charge on any atom is -0.469 e. The summed E-state index contributed by atoms with van der Waals surface area (Å²) < 4.78 is 5.00. The molecule has 0 saturated heterocycles. The Morgan fingerprint density at radius 2 is 2.33 bits per heavy atom. The first kappa shape index (κ1) is 6.20. The molecule has 1 aliphatic heterocycles. The van der Waals surface area contributed by atoms with Gasteiger partial charge < -0.3 is 10.1 Å². The van der Waals surface area contributed by atoms with Crippen LogP contribution in [0.25, 0.3) is 0 Å². The summed E-state index contributed by atoms with van der Waals surface area (Å²) in [6.07, 6.45) is 4.41. The quantitative estimate of drug-likeness (QED) is 0.576. The maximum Gasteiger partial charge on any atom is 0.109 e. The second kappa shape index (κ2) is 2.58. The molecule has 1 N–H and O–H groups in total. The van der Waals surface area contributed by atoms with Crippen LogP contribution in [-0.2, 0) is 4.74 Å². The number of allylic oxidation sites excluding steroid dienone is 2. The number of hydrogen-bond donors (Lipinski definition) is 1. The van der Waals surface area contributed by atoms with Crippen LogP contribution in [0.15, 0.2) is 23.9 Å². The molecule has 1 rings (SSSR count). The van der Waals surface area contributed by atoms with E-state index in [1.165, 1.54) is 0 Å². The smallest absolute Gasteiger partial charge is 0.109 e. The normalized spacial score (nSPS) is 17.1. The van der Waals surface area contributed by atoms with Crippen LogP contribution in [0.4, 0.5) is 0 Å². The first-order valence-corrected chi connectivity index (χ1v) is 3.11. The second-order valence-corrected chi connectivity index (χ2v) is 2.06. The Bertz CT molecular complexity index is 158. The summed E-state index contributed by atoms with van der Waals surface area (Å²) in [5.41, 5.74) is 2.20. The van der Waals surface area contributed by atoms with Crippen molar-refractivity contribution in [2.75, 3.05) is 0 Å². The van der Waals surface area contributed by atoms with Crippen molar-refractivity contribution in [3.05, 3.63) is 23.9 Å². The lowest BCUT2D eigenvalue weighted by atomic mass is 10.3. The molecule has 2 heteroatoms. The van der Waals surface area contributed by atoms with Gasteiger partial charge in [0.2, 0.25) is 0 Å². The first-order valence-electron chi connectivity index (χ1n) is 3.11. The molecule has 0 aromatic rings. The van der Waals surface area contributed by atoms with Crippen molar-refractivity contribution in [1.29, 1.82) is 0 Å². The number of nitrogens with one attached hydrogen (secondary N) is 1. The van der Waals surface area contributed by atoms with Gasteiger partial charge in [0, 0.05) is 5.70 Å². The van der Waals surface area contributed by atoms with Crippen molar-refractivity contribution in [3.8, 4) is 0 Å². The fourth-order valence-electron chi connectivity index (χ4n) is 0.702. The highest BCUT2D eigenvalue weighted by Crippen LogP contribution is 2.05. The van der Waals surface area contributed by atoms with Crippen LogP contribution in [-0.4, -0.2) is 0 Å². The molecule has 0 spiro atoms. The van der Waals surface area contributed by atoms with Crippen molar-refractivity contribution in [2.24, 2.45) is 0 Å². The van der Waals surface area contributed by atoms with Gasteiger partial charge in [-0.15, -0.1) is 0 Å². The van der Waals surface area contributed by atoms with E-state index in [1.54, 1.807) is 12.5 Å². The van der Waals surface area contributed by atoms with Crippen LogP contribution < -0.4 is 5.32 Å². The largest absolute Gasteiger partial charge is 0.469 e. The van der Waals surface area contributed by atoms with Crippen LogP contribution in [0.2, 0.25) is 0 Å². The SMILES string of the molecule is CCC1=COC=C(C)N1. The van der Waals surface area contributed by atoms with Gasteiger partial charge in [-0.05, 0) is 13.3 Å². The molecule has 0 aromatic carbocycles. The summed E-state index contributed by atoms with van der Waals surface area (Å²) in [6.45, 7) is 4.06. The summed E-state index contributed by atoms with van der Waals surface area (Å²) in [4.78, 5) is 0. The molecule has 0 amide bonds. The Morgan fingerprint density at radius 1 is 1.56 bits per heavy atom. The zero-order valence-electron chi connectivity index (χ0n) is 5.77. The summed E-state index contributed by atoms with van der Waals surface area (Å²) >= 11 is 0. The molecule has 0 fully saturated rings. The highest BCUT2D eigenvalue weighted by Gasteiger charge is 1.98. The Morgan fingerprint density at radius 3 is 2.78 bits per heavy atom. The van der Waals surface area contributed by atoms with Crippen molar-refractivity contribution < 1.29 is 4.74 Å².